The van der Waals surface area contributed by atoms with Gasteiger partial charge >= 0.3 is 11.9 Å². The van der Waals surface area contributed by atoms with E-state index in [1.54, 1.807) is 0 Å². The highest BCUT2D eigenvalue weighted by Crippen LogP contribution is 2.24. The Morgan fingerprint density at radius 3 is 2.15 bits per heavy atom. The van der Waals surface area contributed by atoms with E-state index in [1.807, 2.05) is 32.0 Å². The molecule has 0 amide bonds. The molecule has 1 aromatic heterocycles. The molecule has 0 radical (unpaired) electrons. The Balaban J connectivity index is 0.000000321. The minimum atomic E-state index is -1.06. The lowest BCUT2D eigenvalue weighted by molar-refractivity contribution is -0.137. The van der Waals surface area contributed by atoms with Gasteiger partial charge in [0.25, 0.3) is 0 Å². The minimum absolute atomic E-state index is 0.313. The number of carboxylic acid groups (broad SMARTS) is 2. The van der Waals surface area contributed by atoms with Crippen LogP contribution in [0.25, 0.3) is 11.1 Å². The number of nitrogens with one attached hydrogen (secondary N) is 1. The fraction of sp³-hybridized carbons (Fsp3) is 0.222. The zero-order chi connectivity index (χ0) is 19.5. The zero-order valence-electron chi connectivity index (χ0n) is 14.4. The van der Waals surface area contributed by atoms with E-state index >= 15 is 0 Å². The number of aryl methyl sites for hydroxylation is 2. The second-order valence-electron chi connectivity index (χ2n) is 5.28. The molecule has 0 spiro atoms. The van der Waals surface area contributed by atoms with Gasteiger partial charge in [0.05, 0.1) is 23.9 Å². The number of pyridine rings is 1. The van der Waals surface area contributed by atoms with E-state index in [0.717, 1.165) is 28.2 Å². The average Bonchev–Trinajstić information content (AvgIpc) is 2.54. The number of carboxylic acids is 2. The van der Waals surface area contributed by atoms with E-state index in [0.29, 0.717) is 0 Å². The van der Waals surface area contributed by atoms with Crippen molar-refractivity contribution in [3.05, 3.63) is 47.8 Å². The summed E-state index contributed by atoms with van der Waals surface area (Å²) in [6.45, 7) is 3.36. The number of rotatable bonds is 6. The molecule has 0 aliphatic heterocycles. The molecule has 26 heavy (non-hydrogen) atoms. The van der Waals surface area contributed by atoms with Gasteiger partial charge in [-0.2, -0.15) is 4.99 Å². The van der Waals surface area contributed by atoms with E-state index in [-0.39, 0.29) is 13.1 Å². The third-order valence-electron chi connectivity index (χ3n) is 2.99. The summed E-state index contributed by atoms with van der Waals surface area (Å²) in [5.41, 5.74) is 5.12. The molecule has 0 aliphatic rings. The van der Waals surface area contributed by atoms with Crippen LogP contribution in [-0.4, -0.2) is 45.4 Å². The summed E-state index contributed by atoms with van der Waals surface area (Å²) in [6.07, 6.45) is 0. The number of carbonyl (C=O) groups is 2. The molecule has 0 aliphatic carbocycles. The van der Waals surface area contributed by atoms with Crippen LogP contribution in [0.4, 0.5) is 5.69 Å². The van der Waals surface area contributed by atoms with Gasteiger partial charge in [0, 0.05) is 11.4 Å². The average molecular weight is 373 g/mol. The molecule has 1 heterocycles. The highest BCUT2D eigenvalue weighted by molar-refractivity contribution is 7.78. The summed E-state index contributed by atoms with van der Waals surface area (Å²) >= 11 is 4.61. The van der Waals surface area contributed by atoms with Crippen molar-refractivity contribution in [3.8, 4) is 11.1 Å². The first-order valence-corrected chi connectivity index (χ1v) is 8.00. The molecule has 136 valence electrons. The molecule has 0 saturated carbocycles. The van der Waals surface area contributed by atoms with Crippen LogP contribution in [0.2, 0.25) is 0 Å². The van der Waals surface area contributed by atoms with Crippen molar-refractivity contribution in [2.24, 2.45) is 4.99 Å². The van der Waals surface area contributed by atoms with Gasteiger partial charge in [-0.25, -0.2) is 0 Å². The van der Waals surface area contributed by atoms with Crippen molar-refractivity contribution >= 4 is 35.0 Å². The number of hydrogen-bond acceptors (Lipinski definition) is 6. The fourth-order valence-corrected chi connectivity index (χ4v) is 2.19. The summed E-state index contributed by atoms with van der Waals surface area (Å²) in [5, 5.41) is 20.5. The quantitative estimate of drug-likeness (QED) is 0.527. The second kappa shape index (κ2) is 10.8. The molecule has 2 aromatic rings. The van der Waals surface area contributed by atoms with Crippen molar-refractivity contribution in [2.75, 3.05) is 13.1 Å². The summed E-state index contributed by atoms with van der Waals surface area (Å²) in [4.78, 5) is 27.8. The van der Waals surface area contributed by atoms with Crippen LogP contribution in [0.5, 0.6) is 0 Å². The molecule has 0 unspecified atom stereocenters. The minimum Gasteiger partial charge on any atom is -0.480 e. The number of nitrogens with zero attached hydrogens (tertiary/aromatic N) is 2. The van der Waals surface area contributed by atoms with Crippen LogP contribution < -0.4 is 5.32 Å². The Labute approximate surface area is 156 Å². The second-order valence-corrected chi connectivity index (χ2v) is 5.47. The molecule has 3 N–H and O–H groups in total. The molecular formula is C18H19N3O4S. The highest BCUT2D eigenvalue weighted by atomic mass is 32.1. The van der Waals surface area contributed by atoms with E-state index in [2.05, 4.69) is 50.9 Å². The predicted octanol–water partition coefficient (Wildman–Crippen LogP) is 2.84. The van der Waals surface area contributed by atoms with Crippen LogP contribution >= 0.6 is 12.2 Å². The van der Waals surface area contributed by atoms with Gasteiger partial charge < -0.3 is 10.2 Å². The summed E-state index contributed by atoms with van der Waals surface area (Å²) < 4.78 is 0. The van der Waals surface area contributed by atoms with Crippen molar-refractivity contribution in [1.82, 2.24) is 10.3 Å². The number of aliphatic carboxylic acids is 2. The SMILES string of the molecule is Cc1cc(-c2cccc(N=C=S)c2)cc(C)n1.O=C(O)CNCC(=O)O. The number of isothiocyanates is 1. The van der Waals surface area contributed by atoms with E-state index in [4.69, 9.17) is 10.2 Å². The molecule has 0 saturated heterocycles. The molecular weight excluding hydrogens is 354 g/mol. The van der Waals surface area contributed by atoms with E-state index < -0.39 is 11.9 Å². The molecule has 7 nitrogen and oxygen atoms in total. The Kier molecular flexibility index (Phi) is 8.80. The van der Waals surface area contributed by atoms with Gasteiger partial charge in [-0.3, -0.25) is 19.9 Å². The van der Waals surface area contributed by atoms with Gasteiger partial charge in [0.1, 0.15) is 0 Å². The first kappa shape index (κ1) is 21.1. The smallest absolute Gasteiger partial charge is 0.317 e. The summed E-state index contributed by atoms with van der Waals surface area (Å²) in [5.74, 6) is -2.12. The Morgan fingerprint density at radius 2 is 1.65 bits per heavy atom. The van der Waals surface area contributed by atoms with Crippen LogP contribution in [-0.2, 0) is 9.59 Å². The number of thiocarbonyl (C=S) groups is 1. The van der Waals surface area contributed by atoms with Gasteiger partial charge in [-0.1, -0.05) is 12.1 Å². The Hall–Kier alpha value is -2.93. The van der Waals surface area contributed by atoms with Gasteiger partial charge in [0.15, 0.2) is 0 Å². The van der Waals surface area contributed by atoms with E-state index in [1.165, 1.54) is 0 Å². The Bertz CT molecular complexity index is 799. The largest absolute Gasteiger partial charge is 0.480 e. The van der Waals surface area contributed by atoms with E-state index in [9.17, 15) is 9.59 Å². The maximum absolute atomic E-state index is 9.73. The van der Waals surface area contributed by atoms with Crippen LogP contribution in [0.3, 0.4) is 0 Å². The first-order valence-electron chi connectivity index (χ1n) is 7.59. The van der Waals surface area contributed by atoms with Gasteiger partial charge in [-0.05, 0) is 61.5 Å². The molecule has 0 fully saturated rings. The molecule has 2 rings (SSSR count). The molecule has 0 atom stereocenters. The molecule has 1 aromatic carbocycles. The van der Waals surface area contributed by atoms with Crippen molar-refractivity contribution < 1.29 is 19.8 Å². The lowest BCUT2D eigenvalue weighted by Gasteiger charge is -2.05. The van der Waals surface area contributed by atoms with Crippen LogP contribution in [0.1, 0.15) is 11.4 Å². The van der Waals surface area contributed by atoms with Gasteiger partial charge in [-0.15, -0.1) is 0 Å². The molecule has 8 heteroatoms. The lowest BCUT2D eigenvalue weighted by Crippen LogP contribution is -2.27. The Morgan fingerprint density at radius 1 is 1.08 bits per heavy atom. The monoisotopic (exact) mass is 373 g/mol. The summed E-state index contributed by atoms with van der Waals surface area (Å²) in [6, 6.07) is 12.0. The van der Waals surface area contributed by atoms with Crippen molar-refractivity contribution in [2.45, 2.75) is 13.8 Å². The third-order valence-corrected chi connectivity index (χ3v) is 3.08. The maximum Gasteiger partial charge on any atom is 0.317 e. The van der Waals surface area contributed by atoms with Crippen molar-refractivity contribution in [3.63, 3.8) is 0 Å². The van der Waals surface area contributed by atoms with Crippen LogP contribution in [0, 0.1) is 13.8 Å². The zero-order valence-corrected chi connectivity index (χ0v) is 15.2. The van der Waals surface area contributed by atoms with Crippen molar-refractivity contribution in [1.29, 1.82) is 0 Å². The number of benzene rings is 1. The third kappa shape index (κ3) is 8.25. The lowest BCUT2D eigenvalue weighted by atomic mass is 10.0. The predicted molar refractivity (Wildman–Crippen MR) is 102 cm³/mol. The fourth-order valence-electron chi connectivity index (χ4n) is 2.09. The topological polar surface area (TPSA) is 112 Å². The van der Waals surface area contributed by atoms with Crippen LogP contribution in [0.15, 0.2) is 41.4 Å². The normalized spacial score (nSPS) is 9.46. The molecule has 0 bridgehead atoms. The summed E-state index contributed by atoms with van der Waals surface area (Å²) in [7, 11) is 0. The standard InChI is InChI=1S/C14H12N2S.C4H7NO4/c1-10-6-13(7-11(2)16-10)12-4-3-5-14(8-12)15-9-17;6-3(7)1-5-2-4(8)9/h3-8H,1-2H3;5H,1-2H2,(H,6,7)(H,8,9). The highest BCUT2D eigenvalue weighted by Gasteiger charge is 2.01. The first-order chi connectivity index (χ1) is 12.3. The number of aliphatic imine (C=N–C) groups is 1. The van der Waals surface area contributed by atoms with Gasteiger partial charge in [0.2, 0.25) is 0 Å². The number of hydrogen-bond donors (Lipinski definition) is 3. The number of aromatic nitrogens is 1. The maximum atomic E-state index is 9.73.